The predicted octanol–water partition coefficient (Wildman–Crippen LogP) is 3.03. The van der Waals surface area contributed by atoms with Gasteiger partial charge in [-0.05, 0) is 43.6 Å². The highest BCUT2D eigenvalue weighted by atomic mass is 35.5. The zero-order chi connectivity index (χ0) is 10.7. The van der Waals surface area contributed by atoms with Crippen LogP contribution < -0.4 is 0 Å². The number of hydrogen-bond donors (Lipinski definition) is 1. The molecule has 0 atom stereocenters. The van der Waals surface area contributed by atoms with Crippen molar-refractivity contribution in [1.29, 1.82) is 0 Å². The Morgan fingerprint density at radius 1 is 1.20 bits per heavy atom. The Labute approximate surface area is 95.5 Å². The summed E-state index contributed by atoms with van der Waals surface area (Å²) in [4.78, 5) is 2.42. The maximum Gasteiger partial charge on any atom is 0.117 e. The zero-order valence-corrected chi connectivity index (χ0v) is 9.50. The van der Waals surface area contributed by atoms with E-state index in [-0.39, 0.29) is 5.75 Å². The average molecular weight is 226 g/mol. The first-order valence-corrected chi connectivity index (χ1v) is 5.83. The van der Waals surface area contributed by atoms with Gasteiger partial charge in [0, 0.05) is 11.6 Å². The van der Waals surface area contributed by atoms with Crippen LogP contribution in [0, 0.1) is 0 Å². The number of nitrogens with zero attached hydrogens (tertiary/aromatic N) is 1. The van der Waals surface area contributed by atoms with Crippen molar-refractivity contribution in [1.82, 2.24) is 4.90 Å². The quantitative estimate of drug-likeness (QED) is 0.837. The molecule has 0 spiro atoms. The van der Waals surface area contributed by atoms with E-state index in [4.69, 9.17) is 11.6 Å². The maximum absolute atomic E-state index is 9.25. The molecule has 0 aliphatic carbocycles. The number of likely N-dealkylation sites (tertiary alicyclic amines) is 1. The van der Waals surface area contributed by atoms with Gasteiger partial charge in [-0.15, -0.1) is 0 Å². The summed E-state index contributed by atoms with van der Waals surface area (Å²) in [5, 5.41) is 9.91. The Morgan fingerprint density at radius 2 is 1.93 bits per heavy atom. The molecule has 0 amide bonds. The van der Waals surface area contributed by atoms with Crippen LogP contribution in [0.15, 0.2) is 18.2 Å². The number of phenols is 1. The van der Waals surface area contributed by atoms with Crippen molar-refractivity contribution < 1.29 is 5.11 Å². The first-order chi connectivity index (χ1) is 7.25. The lowest BCUT2D eigenvalue weighted by Gasteiger charge is -2.26. The average Bonchev–Trinajstić information content (AvgIpc) is 2.24. The molecule has 1 saturated heterocycles. The van der Waals surface area contributed by atoms with E-state index in [2.05, 4.69) is 4.90 Å². The molecule has 0 radical (unpaired) electrons. The molecule has 1 aromatic carbocycles. The molecule has 1 aliphatic heterocycles. The van der Waals surface area contributed by atoms with Crippen LogP contribution in [-0.4, -0.2) is 23.1 Å². The second-order valence-electron chi connectivity index (χ2n) is 4.11. The Morgan fingerprint density at radius 3 is 2.60 bits per heavy atom. The standard InChI is InChI=1S/C12H16ClNO/c13-12-8-11(15)5-4-10(12)9-14-6-2-1-3-7-14/h4-5,8,15H,1-3,6-7,9H2. The molecule has 15 heavy (non-hydrogen) atoms. The fraction of sp³-hybridized carbons (Fsp3) is 0.500. The summed E-state index contributed by atoms with van der Waals surface area (Å²) in [6.07, 6.45) is 3.92. The predicted molar refractivity (Wildman–Crippen MR) is 62.2 cm³/mol. The van der Waals surface area contributed by atoms with Crippen LogP contribution in [0.2, 0.25) is 5.02 Å². The molecule has 0 saturated carbocycles. The van der Waals surface area contributed by atoms with E-state index in [0.29, 0.717) is 5.02 Å². The van der Waals surface area contributed by atoms with Crippen LogP contribution in [-0.2, 0) is 6.54 Å². The lowest BCUT2D eigenvalue weighted by molar-refractivity contribution is 0.221. The largest absolute Gasteiger partial charge is 0.508 e. The van der Waals surface area contributed by atoms with Gasteiger partial charge in [0.05, 0.1) is 0 Å². The Balaban J connectivity index is 2.03. The Kier molecular flexibility index (Phi) is 3.49. The summed E-state index contributed by atoms with van der Waals surface area (Å²) in [7, 11) is 0. The molecule has 82 valence electrons. The second-order valence-corrected chi connectivity index (χ2v) is 4.52. The summed E-state index contributed by atoms with van der Waals surface area (Å²) < 4.78 is 0. The zero-order valence-electron chi connectivity index (χ0n) is 8.75. The molecule has 0 unspecified atom stereocenters. The van der Waals surface area contributed by atoms with Gasteiger partial charge in [0.25, 0.3) is 0 Å². The van der Waals surface area contributed by atoms with Gasteiger partial charge in [-0.25, -0.2) is 0 Å². The van der Waals surface area contributed by atoms with Crippen molar-refractivity contribution in [3.8, 4) is 5.75 Å². The Hall–Kier alpha value is -0.730. The van der Waals surface area contributed by atoms with Crippen molar-refractivity contribution in [3.05, 3.63) is 28.8 Å². The van der Waals surface area contributed by atoms with Gasteiger partial charge in [-0.2, -0.15) is 0 Å². The van der Waals surface area contributed by atoms with Gasteiger partial charge in [-0.1, -0.05) is 24.1 Å². The van der Waals surface area contributed by atoms with Crippen LogP contribution in [0.1, 0.15) is 24.8 Å². The molecule has 0 aromatic heterocycles. The van der Waals surface area contributed by atoms with Gasteiger partial charge in [0.2, 0.25) is 0 Å². The monoisotopic (exact) mass is 225 g/mol. The van der Waals surface area contributed by atoms with Crippen molar-refractivity contribution >= 4 is 11.6 Å². The third-order valence-corrected chi connectivity index (χ3v) is 3.23. The van der Waals surface area contributed by atoms with E-state index in [1.165, 1.54) is 19.3 Å². The summed E-state index contributed by atoms with van der Waals surface area (Å²) in [5.74, 6) is 0.238. The SMILES string of the molecule is Oc1ccc(CN2CCCCC2)c(Cl)c1. The fourth-order valence-corrected chi connectivity index (χ4v) is 2.26. The molecule has 1 N–H and O–H groups in total. The molecular weight excluding hydrogens is 210 g/mol. The number of benzene rings is 1. The molecular formula is C12H16ClNO. The molecule has 1 fully saturated rings. The highest BCUT2D eigenvalue weighted by molar-refractivity contribution is 6.31. The highest BCUT2D eigenvalue weighted by Gasteiger charge is 2.12. The number of aromatic hydroxyl groups is 1. The van der Waals surface area contributed by atoms with E-state index in [1.807, 2.05) is 6.07 Å². The highest BCUT2D eigenvalue weighted by Crippen LogP contribution is 2.23. The Bertz CT molecular complexity index is 334. The lowest BCUT2D eigenvalue weighted by Crippen LogP contribution is -2.29. The first-order valence-electron chi connectivity index (χ1n) is 5.45. The number of phenolic OH excluding ortho intramolecular Hbond substituents is 1. The van der Waals surface area contributed by atoms with Crippen LogP contribution in [0.3, 0.4) is 0 Å². The minimum absolute atomic E-state index is 0.238. The first kappa shape index (κ1) is 10.8. The minimum atomic E-state index is 0.238. The maximum atomic E-state index is 9.25. The van der Waals surface area contributed by atoms with Crippen LogP contribution in [0.25, 0.3) is 0 Å². The summed E-state index contributed by atoms with van der Waals surface area (Å²) in [5.41, 5.74) is 1.11. The van der Waals surface area contributed by atoms with E-state index < -0.39 is 0 Å². The topological polar surface area (TPSA) is 23.5 Å². The second kappa shape index (κ2) is 4.86. The van der Waals surface area contributed by atoms with Crippen LogP contribution in [0.5, 0.6) is 5.75 Å². The third-order valence-electron chi connectivity index (χ3n) is 2.88. The van der Waals surface area contributed by atoms with E-state index >= 15 is 0 Å². The van der Waals surface area contributed by atoms with Crippen molar-refractivity contribution in [2.24, 2.45) is 0 Å². The van der Waals surface area contributed by atoms with Crippen LogP contribution in [0.4, 0.5) is 0 Å². The molecule has 2 rings (SSSR count). The smallest absolute Gasteiger partial charge is 0.117 e. The van der Waals surface area contributed by atoms with Crippen molar-refractivity contribution in [2.45, 2.75) is 25.8 Å². The summed E-state index contributed by atoms with van der Waals surface area (Å²) in [6, 6.07) is 5.22. The van der Waals surface area contributed by atoms with Crippen LogP contribution >= 0.6 is 11.6 Å². The molecule has 3 heteroatoms. The lowest BCUT2D eigenvalue weighted by atomic mass is 10.1. The fourth-order valence-electron chi connectivity index (χ4n) is 2.02. The number of rotatable bonds is 2. The molecule has 1 aliphatic rings. The van der Waals surface area contributed by atoms with Crippen molar-refractivity contribution in [2.75, 3.05) is 13.1 Å². The van der Waals surface area contributed by atoms with E-state index in [0.717, 1.165) is 25.2 Å². The summed E-state index contributed by atoms with van der Waals surface area (Å²) >= 11 is 6.06. The van der Waals surface area contributed by atoms with Gasteiger partial charge < -0.3 is 5.11 Å². The van der Waals surface area contributed by atoms with Gasteiger partial charge in [0.1, 0.15) is 5.75 Å². The number of hydrogen-bond acceptors (Lipinski definition) is 2. The molecule has 2 nitrogen and oxygen atoms in total. The molecule has 0 bridgehead atoms. The minimum Gasteiger partial charge on any atom is -0.508 e. The number of halogens is 1. The third kappa shape index (κ3) is 2.86. The number of piperidine rings is 1. The summed E-state index contributed by atoms with van der Waals surface area (Å²) in [6.45, 7) is 3.23. The van der Waals surface area contributed by atoms with E-state index in [1.54, 1.807) is 12.1 Å². The van der Waals surface area contributed by atoms with Crippen molar-refractivity contribution in [3.63, 3.8) is 0 Å². The normalized spacial score (nSPS) is 17.9. The van der Waals surface area contributed by atoms with Gasteiger partial charge in [-0.3, -0.25) is 4.90 Å². The molecule has 1 heterocycles. The van der Waals surface area contributed by atoms with Gasteiger partial charge in [0.15, 0.2) is 0 Å². The van der Waals surface area contributed by atoms with E-state index in [9.17, 15) is 5.11 Å². The molecule has 1 aromatic rings. The van der Waals surface area contributed by atoms with Gasteiger partial charge >= 0.3 is 0 Å².